The lowest BCUT2D eigenvalue weighted by Crippen LogP contribution is -2.20. The predicted octanol–water partition coefficient (Wildman–Crippen LogP) is 4.21. The van der Waals surface area contributed by atoms with Crippen molar-refractivity contribution in [3.8, 4) is 0 Å². The van der Waals surface area contributed by atoms with Crippen LogP contribution >= 0.6 is 0 Å². The summed E-state index contributed by atoms with van der Waals surface area (Å²) >= 11 is 0. The molecule has 0 aliphatic heterocycles. The molecule has 0 aliphatic rings. The Labute approximate surface area is 148 Å². The topological polar surface area (TPSA) is 55.4 Å². The molecule has 0 bridgehead atoms. The van der Waals surface area contributed by atoms with Crippen LogP contribution in [0.1, 0.15) is 16.7 Å². The summed E-state index contributed by atoms with van der Waals surface area (Å²) in [7, 11) is 0. The number of alkyl halides is 3. The number of nitrogens with one attached hydrogen (secondary N) is 1. The van der Waals surface area contributed by atoms with Crippen molar-refractivity contribution in [1.29, 1.82) is 0 Å². The summed E-state index contributed by atoms with van der Waals surface area (Å²) in [5.74, 6) is -1.35. The van der Waals surface area contributed by atoms with Crippen molar-refractivity contribution < 1.29 is 27.5 Å². The van der Waals surface area contributed by atoms with Gasteiger partial charge < -0.3 is 10.1 Å². The van der Waals surface area contributed by atoms with Gasteiger partial charge in [0.1, 0.15) is 0 Å². The van der Waals surface area contributed by atoms with Crippen molar-refractivity contribution >= 4 is 23.6 Å². The third-order valence-corrected chi connectivity index (χ3v) is 3.31. The number of hydrogen-bond donors (Lipinski definition) is 1. The lowest BCUT2D eigenvalue weighted by atomic mass is 10.1. The minimum absolute atomic E-state index is 0.195. The van der Waals surface area contributed by atoms with Crippen LogP contribution in [0.2, 0.25) is 0 Å². The van der Waals surface area contributed by atoms with Gasteiger partial charge in [-0.25, -0.2) is 4.79 Å². The average molecular weight is 363 g/mol. The van der Waals surface area contributed by atoms with Crippen molar-refractivity contribution in [2.24, 2.45) is 0 Å². The largest absolute Gasteiger partial charge is 0.452 e. The number of aryl methyl sites for hydroxylation is 1. The maximum absolute atomic E-state index is 12.6. The van der Waals surface area contributed by atoms with E-state index in [1.165, 1.54) is 18.2 Å². The summed E-state index contributed by atoms with van der Waals surface area (Å²) in [5.41, 5.74) is 0.983. The number of carbonyl (C=O) groups is 2. The van der Waals surface area contributed by atoms with Crippen LogP contribution in [0.25, 0.3) is 6.08 Å². The van der Waals surface area contributed by atoms with Gasteiger partial charge in [-0.3, -0.25) is 4.79 Å². The second kappa shape index (κ2) is 8.33. The fourth-order valence-corrected chi connectivity index (χ4v) is 2.00. The fraction of sp³-hybridized carbons (Fsp3) is 0.158. The van der Waals surface area contributed by atoms with Gasteiger partial charge in [-0.1, -0.05) is 29.8 Å². The van der Waals surface area contributed by atoms with Gasteiger partial charge in [-0.2, -0.15) is 13.2 Å². The highest BCUT2D eigenvalue weighted by atomic mass is 19.4. The number of esters is 1. The van der Waals surface area contributed by atoms with Crippen molar-refractivity contribution in [1.82, 2.24) is 0 Å². The van der Waals surface area contributed by atoms with E-state index in [0.29, 0.717) is 5.69 Å². The summed E-state index contributed by atoms with van der Waals surface area (Å²) in [6.07, 6.45) is -2.30. The molecule has 1 amide bonds. The van der Waals surface area contributed by atoms with Crippen LogP contribution in [-0.2, 0) is 20.5 Å². The summed E-state index contributed by atoms with van der Waals surface area (Å²) in [5, 5.41) is 2.56. The number of carbonyl (C=O) groups excluding carboxylic acids is 2. The Kier molecular flexibility index (Phi) is 6.16. The molecule has 0 saturated carbocycles. The summed E-state index contributed by atoms with van der Waals surface area (Å²) in [4.78, 5) is 23.3. The van der Waals surface area contributed by atoms with Gasteiger partial charge in [-0.05, 0) is 42.8 Å². The monoisotopic (exact) mass is 363 g/mol. The van der Waals surface area contributed by atoms with Crippen LogP contribution in [0.15, 0.2) is 54.6 Å². The van der Waals surface area contributed by atoms with E-state index in [1.807, 2.05) is 19.1 Å². The molecule has 2 rings (SSSR count). The Morgan fingerprint density at radius 2 is 1.81 bits per heavy atom. The first-order valence-corrected chi connectivity index (χ1v) is 7.62. The highest BCUT2D eigenvalue weighted by molar-refractivity contribution is 5.94. The number of ether oxygens (including phenoxy) is 1. The highest BCUT2D eigenvalue weighted by Crippen LogP contribution is 2.29. The quantitative estimate of drug-likeness (QED) is 0.640. The number of amides is 1. The molecule has 0 heterocycles. The third-order valence-electron chi connectivity index (χ3n) is 3.31. The van der Waals surface area contributed by atoms with Crippen molar-refractivity contribution in [2.45, 2.75) is 13.1 Å². The first-order valence-electron chi connectivity index (χ1n) is 7.62. The van der Waals surface area contributed by atoms with Crippen molar-refractivity contribution in [3.63, 3.8) is 0 Å². The van der Waals surface area contributed by atoms with Gasteiger partial charge in [0.2, 0.25) is 0 Å². The maximum Gasteiger partial charge on any atom is 0.416 e. The predicted molar refractivity (Wildman–Crippen MR) is 91.2 cm³/mol. The first-order chi connectivity index (χ1) is 12.2. The Morgan fingerprint density at radius 1 is 1.12 bits per heavy atom. The van der Waals surface area contributed by atoms with Crippen molar-refractivity contribution in [2.75, 3.05) is 11.9 Å². The Bertz CT molecular complexity index is 812. The zero-order valence-electron chi connectivity index (χ0n) is 13.8. The summed E-state index contributed by atoms with van der Waals surface area (Å²) < 4.78 is 42.6. The molecule has 26 heavy (non-hydrogen) atoms. The molecule has 0 unspecified atom stereocenters. The minimum atomic E-state index is -4.46. The van der Waals surface area contributed by atoms with Gasteiger partial charge in [0, 0.05) is 11.8 Å². The van der Waals surface area contributed by atoms with Gasteiger partial charge in [0.25, 0.3) is 5.91 Å². The number of rotatable bonds is 5. The second-order valence-corrected chi connectivity index (χ2v) is 5.48. The molecule has 4 nitrogen and oxygen atoms in total. The van der Waals surface area contributed by atoms with E-state index >= 15 is 0 Å². The zero-order chi connectivity index (χ0) is 19.2. The maximum atomic E-state index is 12.6. The summed E-state index contributed by atoms with van der Waals surface area (Å²) in [6, 6.07) is 11.6. The lowest BCUT2D eigenvalue weighted by Gasteiger charge is -2.07. The van der Waals surface area contributed by atoms with E-state index in [-0.39, 0.29) is 5.56 Å². The normalized spacial score (nSPS) is 11.4. The molecule has 0 saturated heterocycles. The van der Waals surface area contributed by atoms with Crippen LogP contribution in [-0.4, -0.2) is 18.5 Å². The van der Waals surface area contributed by atoms with E-state index in [2.05, 4.69) is 5.32 Å². The van der Waals surface area contributed by atoms with Gasteiger partial charge >= 0.3 is 12.1 Å². The second-order valence-electron chi connectivity index (χ2n) is 5.48. The molecule has 1 N–H and O–H groups in total. The van der Waals surface area contributed by atoms with Crippen LogP contribution < -0.4 is 5.32 Å². The smallest absolute Gasteiger partial charge is 0.416 e. The molecule has 0 atom stereocenters. The summed E-state index contributed by atoms with van der Waals surface area (Å²) in [6.45, 7) is 1.41. The lowest BCUT2D eigenvalue weighted by molar-refractivity contribution is -0.142. The van der Waals surface area contributed by atoms with Crippen LogP contribution in [0.3, 0.4) is 0 Å². The fourth-order valence-electron chi connectivity index (χ4n) is 2.00. The van der Waals surface area contributed by atoms with Crippen molar-refractivity contribution in [3.05, 3.63) is 71.3 Å². The van der Waals surface area contributed by atoms with E-state index < -0.39 is 30.2 Å². The molecule has 0 aromatic heterocycles. The van der Waals surface area contributed by atoms with E-state index in [9.17, 15) is 22.8 Å². The van der Waals surface area contributed by atoms with Gasteiger partial charge in [-0.15, -0.1) is 0 Å². The van der Waals surface area contributed by atoms with E-state index in [0.717, 1.165) is 23.8 Å². The molecule has 0 spiro atoms. The molecule has 2 aromatic carbocycles. The number of hydrogen-bond acceptors (Lipinski definition) is 3. The molecular weight excluding hydrogens is 347 g/mol. The zero-order valence-corrected chi connectivity index (χ0v) is 13.8. The molecular formula is C19H16F3NO3. The van der Waals surface area contributed by atoms with E-state index in [1.54, 1.807) is 12.1 Å². The van der Waals surface area contributed by atoms with E-state index in [4.69, 9.17) is 4.74 Å². The molecule has 2 aromatic rings. The standard InChI is InChI=1S/C19H16F3NO3/c1-13-5-8-16(9-6-13)23-17(24)12-26-18(25)10-7-14-3-2-4-15(11-14)19(20,21)22/h2-11H,12H2,1H3,(H,23,24). The Balaban J connectivity index is 1.85. The molecule has 0 radical (unpaired) electrons. The Morgan fingerprint density at radius 3 is 2.46 bits per heavy atom. The number of benzene rings is 2. The molecule has 136 valence electrons. The van der Waals surface area contributed by atoms with Gasteiger partial charge in [0.15, 0.2) is 6.61 Å². The Hall–Kier alpha value is -3.09. The molecule has 0 fully saturated rings. The van der Waals surface area contributed by atoms with Gasteiger partial charge in [0.05, 0.1) is 5.56 Å². The van der Waals surface area contributed by atoms with Crippen LogP contribution in [0, 0.1) is 6.92 Å². The molecule has 7 heteroatoms. The highest BCUT2D eigenvalue weighted by Gasteiger charge is 2.30. The van der Waals surface area contributed by atoms with Crippen LogP contribution in [0.5, 0.6) is 0 Å². The average Bonchev–Trinajstić information content (AvgIpc) is 2.60. The molecule has 0 aliphatic carbocycles. The SMILES string of the molecule is Cc1ccc(NC(=O)COC(=O)C=Cc2cccc(C(F)(F)F)c2)cc1. The third kappa shape index (κ3) is 6.08. The number of halogens is 3. The van der Waals surface area contributed by atoms with Crippen LogP contribution in [0.4, 0.5) is 18.9 Å². The number of anilines is 1. The minimum Gasteiger partial charge on any atom is -0.452 e. The first kappa shape index (κ1) is 19.2.